The highest BCUT2D eigenvalue weighted by Crippen LogP contribution is 2.41. The number of ketones is 1. The fourth-order valence-corrected chi connectivity index (χ4v) is 4.40. The van der Waals surface area contributed by atoms with E-state index in [-0.39, 0.29) is 4.90 Å². The van der Waals surface area contributed by atoms with Gasteiger partial charge in [0.1, 0.15) is 0 Å². The molecule has 1 atom stereocenters. The van der Waals surface area contributed by atoms with Gasteiger partial charge in [-0.25, -0.2) is 13.1 Å². The van der Waals surface area contributed by atoms with Crippen LogP contribution in [0.5, 0.6) is 0 Å². The fraction of sp³-hybridized carbons (Fsp3) is 0.136. The molecule has 0 fully saturated rings. The highest BCUT2D eigenvalue weighted by Gasteiger charge is 2.51. The number of carbonyl (C=O) groups excluding carboxylic acids is 2. The van der Waals surface area contributed by atoms with Gasteiger partial charge in [0.05, 0.1) is 10.4 Å². The molecule has 0 radical (unpaired) electrons. The second-order valence-electron chi connectivity index (χ2n) is 7.01. The maximum absolute atomic E-state index is 13.3. The topological polar surface area (TPSA) is 112 Å². The summed E-state index contributed by atoms with van der Waals surface area (Å²) in [5, 5.41) is 0.648. The van der Waals surface area contributed by atoms with Crippen LogP contribution in [0.1, 0.15) is 19.4 Å². The van der Waals surface area contributed by atoms with Crippen molar-refractivity contribution in [1.82, 2.24) is 9.71 Å². The molecule has 158 valence electrons. The van der Waals surface area contributed by atoms with Crippen LogP contribution < -0.4 is 4.72 Å². The van der Waals surface area contributed by atoms with Crippen LogP contribution >= 0.6 is 0 Å². The number of nitrogens with zero attached hydrogens (tertiary/aromatic N) is 1. The van der Waals surface area contributed by atoms with Gasteiger partial charge in [-0.05, 0) is 31.2 Å². The van der Waals surface area contributed by atoms with E-state index in [4.69, 9.17) is 9.47 Å². The van der Waals surface area contributed by atoms with Crippen LogP contribution in [0.4, 0.5) is 0 Å². The first kappa shape index (κ1) is 20.5. The normalized spacial score (nSPS) is 18.7. The van der Waals surface area contributed by atoms with E-state index in [9.17, 15) is 18.0 Å². The Morgan fingerprint density at radius 3 is 2.45 bits per heavy atom. The molecule has 2 heterocycles. The van der Waals surface area contributed by atoms with Gasteiger partial charge >= 0.3 is 5.97 Å². The number of ether oxygens (including phenoxy) is 2. The van der Waals surface area contributed by atoms with Gasteiger partial charge in [0, 0.05) is 24.1 Å². The molecule has 2 aromatic carbocycles. The minimum Gasteiger partial charge on any atom is -0.456 e. The monoisotopic (exact) mass is 438 g/mol. The maximum atomic E-state index is 13.3. The molecule has 1 N–H and O–H groups in total. The van der Waals surface area contributed by atoms with E-state index >= 15 is 0 Å². The van der Waals surface area contributed by atoms with Gasteiger partial charge in [-0.2, -0.15) is 0 Å². The van der Waals surface area contributed by atoms with E-state index in [1.54, 1.807) is 48.5 Å². The van der Waals surface area contributed by atoms with Crippen molar-refractivity contribution in [2.75, 3.05) is 0 Å². The number of hydrogen-bond donors (Lipinski definition) is 1. The summed E-state index contributed by atoms with van der Waals surface area (Å²) in [4.78, 5) is 29.2. The van der Waals surface area contributed by atoms with Crippen LogP contribution in [0.25, 0.3) is 10.9 Å². The number of benzene rings is 2. The number of pyridine rings is 1. The van der Waals surface area contributed by atoms with E-state index in [2.05, 4.69) is 9.71 Å². The molecule has 3 aromatic rings. The number of para-hydroxylation sites is 1. The number of nitrogens with one attached hydrogen (secondary N) is 1. The van der Waals surface area contributed by atoms with Crippen molar-refractivity contribution in [3.8, 4) is 0 Å². The third-order valence-electron chi connectivity index (χ3n) is 4.84. The van der Waals surface area contributed by atoms with E-state index in [0.29, 0.717) is 16.5 Å². The van der Waals surface area contributed by atoms with E-state index in [0.717, 1.165) is 6.92 Å². The molecule has 8 nitrogen and oxygen atoms in total. The zero-order valence-corrected chi connectivity index (χ0v) is 17.5. The standard InChI is InChI=1S/C22H18N2O6S/c1-14(25)29-19-20(26)22(2,17-12-13-23-18-11-7-6-10-16(17)18)30-21(19)24-31(27,28)15-8-4-3-5-9-15/h3-13,24H,1-2H3. The van der Waals surface area contributed by atoms with Gasteiger partial charge < -0.3 is 9.47 Å². The van der Waals surface area contributed by atoms with Crippen molar-refractivity contribution >= 4 is 32.7 Å². The lowest BCUT2D eigenvalue weighted by Crippen LogP contribution is -2.33. The maximum Gasteiger partial charge on any atom is 0.308 e. The molecule has 0 bridgehead atoms. The Morgan fingerprint density at radius 2 is 1.74 bits per heavy atom. The van der Waals surface area contributed by atoms with Gasteiger partial charge in [-0.1, -0.05) is 36.4 Å². The summed E-state index contributed by atoms with van der Waals surface area (Å²) < 4.78 is 38.8. The van der Waals surface area contributed by atoms with Gasteiger partial charge in [0.15, 0.2) is 5.60 Å². The molecule has 1 aliphatic heterocycles. The Bertz CT molecular complexity index is 1330. The van der Waals surface area contributed by atoms with Crippen molar-refractivity contribution < 1.29 is 27.5 Å². The van der Waals surface area contributed by atoms with Crippen LogP contribution in [0, 0.1) is 0 Å². The van der Waals surface area contributed by atoms with Crippen LogP contribution in [0.15, 0.2) is 83.4 Å². The van der Waals surface area contributed by atoms with E-state index < -0.39 is 39.0 Å². The zero-order valence-electron chi connectivity index (χ0n) is 16.7. The second-order valence-corrected chi connectivity index (χ2v) is 8.69. The molecular weight excluding hydrogens is 420 g/mol. The highest BCUT2D eigenvalue weighted by molar-refractivity contribution is 7.89. The first-order chi connectivity index (χ1) is 14.7. The summed E-state index contributed by atoms with van der Waals surface area (Å²) in [7, 11) is -4.10. The molecule has 0 saturated carbocycles. The summed E-state index contributed by atoms with van der Waals surface area (Å²) in [6.45, 7) is 2.60. The summed E-state index contributed by atoms with van der Waals surface area (Å²) >= 11 is 0. The van der Waals surface area contributed by atoms with Crippen molar-refractivity contribution in [1.29, 1.82) is 0 Å². The van der Waals surface area contributed by atoms with Crippen LogP contribution in [-0.4, -0.2) is 25.2 Å². The first-order valence-electron chi connectivity index (χ1n) is 9.31. The Hall–Kier alpha value is -3.72. The third-order valence-corrected chi connectivity index (χ3v) is 6.19. The lowest BCUT2D eigenvalue weighted by molar-refractivity contribution is -0.142. The molecular formula is C22H18N2O6S. The SMILES string of the molecule is CC(=O)OC1=C(NS(=O)(=O)c2ccccc2)OC(C)(c2ccnc3ccccc23)C1=O. The van der Waals surface area contributed by atoms with Gasteiger partial charge in [0.25, 0.3) is 21.7 Å². The van der Waals surface area contributed by atoms with Gasteiger partial charge in [0.2, 0.25) is 5.76 Å². The highest BCUT2D eigenvalue weighted by atomic mass is 32.2. The van der Waals surface area contributed by atoms with Gasteiger partial charge in [-0.15, -0.1) is 0 Å². The van der Waals surface area contributed by atoms with E-state index in [1.807, 2.05) is 0 Å². The summed E-state index contributed by atoms with van der Waals surface area (Å²) in [5.41, 5.74) is -0.548. The summed E-state index contributed by atoms with van der Waals surface area (Å²) in [6, 6.07) is 16.3. The number of rotatable bonds is 5. The number of esters is 1. The number of fused-ring (bicyclic) bond motifs is 1. The molecule has 4 rings (SSSR count). The first-order valence-corrected chi connectivity index (χ1v) is 10.8. The van der Waals surface area contributed by atoms with Crippen molar-refractivity contribution in [2.24, 2.45) is 0 Å². The molecule has 1 unspecified atom stereocenters. The van der Waals surface area contributed by atoms with Crippen LogP contribution in [-0.2, 0) is 34.7 Å². The average Bonchev–Trinajstić information content (AvgIpc) is 2.98. The predicted molar refractivity (Wildman–Crippen MR) is 111 cm³/mol. The quantitative estimate of drug-likeness (QED) is 0.610. The Balaban J connectivity index is 1.80. The third kappa shape index (κ3) is 3.64. The minimum atomic E-state index is -4.10. The molecule has 0 aliphatic carbocycles. The second kappa shape index (κ2) is 7.51. The summed E-state index contributed by atoms with van der Waals surface area (Å²) in [6.07, 6.45) is 1.52. The van der Waals surface area contributed by atoms with Crippen LogP contribution in [0.3, 0.4) is 0 Å². The van der Waals surface area contributed by atoms with Crippen molar-refractivity contribution in [3.05, 3.63) is 84.1 Å². The lowest BCUT2D eigenvalue weighted by Gasteiger charge is -2.25. The molecule has 0 spiro atoms. The van der Waals surface area contributed by atoms with E-state index in [1.165, 1.54) is 25.3 Å². The molecule has 0 amide bonds. The minimum absolute atomic E-state index is 0.0383. The zero-order chi connectivity index (χ0) is 22.2. The number of carbonyl (C=O) groups is 2. The molecule has 9 heteroatoms. The Kier molecular flexibility index (Phi) is 4.98. The predicted octanol–water partition coefficient (Wildman–Crippen LogP) is 2.76. The number of hydrogen-bond acceptors (Lipinski definition) is 7. The molecule has 31 heavy (non-hydrogen) atoms. The Labute approximate surface area is 178 Å². The Morgan fingerprint density at radius 1 is 1.06 bits per heavy atom. The van der Waals surface area contributed by atoms with Crippen molar-refractivity contribution in [3.63, 3.8) is 0 Å². The smallest absolute Gasteiger partial charge is 0.308 e. The van der Waals surface area contributed by atoms with Crippen molar-refractivity contribution in [2.45, 2.75) is 24.3 Å². The largest absolute Gasteiger partial charge is 0.456 e. The average molecular weight is 438 g/mol. The fourth-order valence-electron chi connectivity index (χ4n) is 3.39. The molecule has 1 aromatic heterocycles. The molecule has 0 saturated heterocycles. The molecule has 1 aliphatic rings. The number of sulfonamides is 1. The van der Waals surface area contributed by atoms with Crippen LogP contribution in [0.2, 0.25) is 0 Å². The summed E-state index contributed by atoms with van der Waals surface area (Å²) in [5.74, 6) is -2.43. The van der Waals surface area contributed by atoms with Gasteiger partial charge in [-0.3, -0.25) is 14.6 Å². The number of Topliss-reactive ketones (excluding diaryl/α,β-unsaturated/α-hetero) is 1. The lowest BCUT2D eigenvalue weighted by atomic mass is 9.89. The number of aromatic nitrogens is 1.